The molecule has 3 aliphatic heterocycles. The molecule has 6 rings (SSSR count). The number of nitrogens with zero attached hydrogens (tertiary/aromatic N) is 4. The summed E-state index contributed by atoms with van der Waals surface area (Å²) in [7, 11) is 1.55. The lowest BCUT2D eigenvalue weighted by Gasteiger charge is -2.29. The number of amides is 5. The summed E-state index contributed by atoms with van der Waals surface area (Å²) in [6, 6.07) is 9.45. The van der Waals surface area contributed by atoms with E-state index in [1.165, 1.54) is 40.2 Å². The van der Waals surface area contributed by atoms with Crippen LogP contribution >= 0.6 is 11.6 Å². The summed E-state index contributed by atoms with van der Waals surface area (Å²) in [6.45, 7) is 3.84. The SMILES string of the molecule is Cn1ncc(Nc2ccc3c(c2)CCN(CCOCCOCCNC(=O)COc2cccc4c2C(=O)N(C2CCC(=O)NC2=O)C4=O)C3)c(Cl)c1=O. The summed E-state index contributed by atoms with van der Waals surface area (Å²) in [6.07, 6.45) is 2.46. The topological polar surface area (TPSA) is 190 Å². The second-order valence-corrected chi connectivity index (χ2v) is 12.8. The van der Waals surface area contributed by atoms with Crippen molar-refractivity contribution >= 4 is 52.5 Å². The van der Waals surface area contributed by atoms with E-state index in [4.69, 9.17) is 25.8 Å². The van der Waals surface area contributed by atoms with Crippen LogP contribution in [0.3, 0.4) is 0 Å². The Morgan fingerprint density at radius 3 is 2.62 bits per heavy atom. The van der Waals surface area contributed by atoms with Gasteiger partial charge in [0.1, 0.15) is 16.8 Å². The number of anilines is 2. The number of piperidine rings is 1. The van der Waals surface area contributed by atoms with Crippen LogP contribution in [0.5, 0.6) is 5.75 Å². The number of carbonyl (C=O) groups is 5. The first kappa shape index (κ1) is 36.6. The molecule has 3 aromatic rings. The molecular formula is C35H38ClN7O9. The van der Waals surface area contributed by atoms with Gasteiger partial charge in [0, 0.05) is 45.3 Å². The van der Waals surface area contributed by atoms with Gasteiger partial charge in [0.2, 0.25) is 11.8 Å². The van der Waals surface area contributed by atoms with Crippen molar-refractivity contribution in [2.24, 2.45) is 7.05 Å². The number of aromatic nitrogens is 2. The molecule has 5 amide bonds. The second kappa shape index (κ2) is 16.5. The molecule has 1 aromatic heterocycles. The van der Waals surface area contributed by atoms with Gasteiger partial charge in [-0.1, -0.05) is 23.7 Å². The number of hydrogen-bond donors (Lipinski definition) is 3. The van der Waals surface area contributed by atoms with Crippen LogP contribution in [0.1, 0.15) is 44.7 Å². The van der Waals surface area contributed by atoms with Gasteiger partial charge in [-0.25, -0.2) is 4.68 Å². The molecule has 3 N–H and O–H groups in total. The standard InChI is InChI=1S/C35H38ClN7O9/c1-41-35(49)31(36)25(18-38-41)39-23-6-5-22-19-42(11-9-21(22)17-23)12-14-51-16-15-50-13-10-37-29(45)20-52-27-4-2-3-24-30(27)34(48)43(33(24)47)26-7-8-28(44)40-32(26)46/h2-6,17-18,26,39H,7-16,19-20H2,1H3,(H,37,45)(H,40,44,46). The van der Waals surface area contributed by atoms with Gasteiger partial charge in [-0.2, -0.15) is 5.10 Å². The number of nitrogens with one attached hydrogen (secondary N) is 3. The fourth-order valence-electron chi connectivity index (χ4n) is 6.21. The Bertz CT molecular complexity index is 1950. The molecule has 0 spiro atoms. The van der Waals surface area contributed by atoms with Gasteiger partial charge in [0.15, 0.2) is 6.61 Å². The largest absolute Gasteiger partial charge is 0.483 e. The first-order chi connectivity index (χ1) is 25.1. The Morgan fingerprint density at radius 2 is 1.81 bits per heavy atom. The quantitative estimate of drug-likeness (QED) is 0.149. The molecule has 0 radical (unpaired) electrons. The zero-order valence-electron chi connectivity index (χ0n) is 28.4. The maximum absolute atomic E-state index is 13.2. The van der Waals surface area contributed by atoms with Crippen LogP contribution in [0.2, 0.25) is 5.02 Å². The minimum atomic E-state index is -1.10. The van der Waals surface area contributed by atoms with Crippen molar-refractivity contribution in [3.05, 3.63) is 80.2 Å². The Balaban J connectivity index is 0.839. The van der Waals surface area contributed by atoms with Crippen LogP contribution < -0.4 is 26.2 Å². The van der Waals surface area contributed by atoms with Crippen molar-refractivity contribution in [1.29, 1.82) is 0 Å². The summed E-state index contributed by atoms with van der Waals surface area (Å²) in [5, 5.41) is 12.1. The Kier molecular flexibility index (Phi) is 11.6. The number of fused-ring (bicyclic) bond motifs is 2. The van der Waals surface area contributed by atoms with Crippen molar-refractivity contribution in [3.63, 3.8) is 0 Å². The maximum Gasteiger partial charge on any atom is 0.287 e. The minimum absolute atomic E-state index is 0.0121. The summed E-state index contributed by atoms with van der Waals surface area (Å²) >= 11 is 6.19. The smallest absolute Gasteiger partial charge is 0.287 e. The number of benzene rings is 2. The molecule has 17 heteroatoms. The molecule has 1 saturated heterocycles. The lowest BCUT2D eigenvalue weighted by Crippen LogP contribution is -2.54. The van der Waals surface area contributed by atoms with E-state index < -0.39 is 42.2 Å². The first-order valence-electron chi connectivity index (χ1n) is 16.8. The number of hydrogen-bond acceptors (Lipinski definition) is 12. The summed E-state index contributed by atoms with van der Waals surface area (Å²) in [5.74, 6) is -2.93. The van der Waals surface area contributed by atoms with Crippen molar-refractivity contribution in [3.8, 4) is 5.75 Å². The molecular weight excluding hydrogens is 698 g/mol. The molecule has 1 atom stereocenters. The number of carbonyl (C=O) groups excluding carboxylic acids is 5. The number of imide groups is 2. The monoisotopic (exact) mass is 735 g/mol. The van der Waals surface area contributed by atoms with Gasteiger partial charge in [0.05, 0.1) is 49.4 Å². The van der Waals surface area contributed by atoms with E-state index in [0.29, 0.717) is 25.5 Å². The molecule has 0 bridgehead atoms. The van der Waals surface area contributed by atoms with E-state index >= 15 is 0 Å². The molecule has 2 aromatic carbocycles. The highest BCUT2D eigenvalue weighted by Crippen LogP contribution is 2.33. The molecule has 0 aliphatic carbocycles. The van der Waals surface area contributed by atoms with E-state index in [9.17, 15) is 28.8 Å². The van der Waals surface area contributed by atoms with Crippen molar-refractivity contribution in [1.82, 2.24) is 30.2 Å². The summed E-state index contributed by atoms with van der Waals surface area (Å²) in [5.41, 5.74) is 3.45. The third-order valence-corrected chi connectivity index (χ3v) is 9.30. The number of rotatable bonds is 15. The zero-order chi connectivity index (χ0) is 36.8. The fraction of sp³-hybridized carbons (Fsp3) is 0.400. The second-order valence-electron chi connectivity index (χ2n) is 12.4. The average Bonchev–Trinajstić information content (AvgIpc) is 3.39. The highest BCUT2D eigenvalue weighted by atomic mass is 35.5. The van der Waals surface area contributed by atoms with Crippen LogP contribution in [-0.2, 0) is 43.9 Å². The van der Waals surface area contributed by atoms with E-state index in [1.54, 1.807) is 7.05 Å². The normalized spacial score (nSPS) is 17.1. The maximum atomic E-state index is 13.2. The number of halogens is 1. The van der Waals surface area contributed by atoms with Crippen molar-refractivity contribution in [2.45, 2.75) is 31.8 Å². The summed E-state index contributed by atoms with van der Waals surface area (Å²) < 4.78 is 18.1. The number of ether oxygens (including phenoxy) is 3. The number of aryl methyl sites for hydroxylation is 1. The molecule has 0 saturated carbocycles. The lowest BCUT2D eigenvalue weighted by molar-refractivity contribution is -0.136. The molecule has 52 heavy (non-hydrogen) atoms. The van der Waals surface area contributed by atoms with E-state index in [1.807, 2.05) is 6.07 Å². The lowest BCUT2D eigenvalue weighted by atomic mass is 9.99. The first-order valence-corrected chi connectivity index (χ1v) is 17.2. The van der Waals surface area contributed by atoms with Gasteiger partial charge in [0.25, 0.3) is 23.3 Å². The fourth-order valence-corrected chi connectivity index (χ4v) is 6.43. The third kappa shape index (κ3) is 8.31. The van der Waals surface area contributed by atoms with Gasteiger partial charge >= 0.3 is 0 Å². The third-order valence-electron chi connectivity index (χ3n) is 8.94. The van der Waals surface area contributed by atoms with Gasteiger partial charge in [-0.05, 0) is 48.2 Å². The van der Waals surface area contributed by atoms with E-state index in [0.717, 1.165) is 36.6 Å². The average molecular weight is 736 g/mol. The van der Waals surface area contributed by atoms with Crippen LogP contribution in [0.15, 0.2) is 47.4 Å². The molecule has 1 unspecified atom stereocenters. The zero-order valence-corrected chi connectivity index (χ0v) is 29.2. The Morgan fingerprint density at radius 1 is 1.00 bits per heavy atom. The highest BCUT2D eigenvalue weighted by Gasteiger charge is 2.46. The van der Waals surface area contributed by atoms with Gasteiger partial charge < -0.3 is 24.8 Å². The molecule has 274 valence electrons. The van der Waals surface area contributed by atoms with Crippen LogP contribution in [-0.4, -0.2) is 108 Å². The van der Waals surface area contributed by atoms with Gasteiger partial charge in [-0.3, -0.25) is 43.9 Å². The van der Waals surface area contributed by atoms with Gasteiger partial charge in [-0.15, -0.1) is 0 Å². The van der Waals surface area contributed by atoms with E-state index in [2.05, 4.69) is 38.1 Å². The molecule has 1 fully saturated rings. The van der Waals surface area contributed by atoms with Crippen molar-refractivity contribution < 1.29 is 38.2 Å². The highest BCUT2D eigenvalue weighted by molar-refractivity contribution is 6.33. The molecule has 4 heterocycles. The van der Waals surface area contributed by atoms with Crippen LogP contribution in [0, 0.1) is 0 Å². The predicted octanol–water partition coefficient (Wildman–Crippen LogP) is 1.17. The van der Waals surface area contributed by atoms with Crippen LogP contribution in [0.4, 0.5) is 11.4 Å². The Labute approximate surface area is 303 Å². The van der Waals surface area contributed by atoms with Crippen molar-refractivity contribution in [2.75, 3.05) is 58.0 Å². The Hall–Kier alpha value is -5.16. The predicted molar refractivity (Wildman–Crippen MR) is 186 cm³/mol. The molecule has 3 aliphatic rings. The minimum Gasteiger partial charge on any atom is -0.483 e. The molecule has 16 nitrogen and oxygen atoms in total. The summed E-state index contributed by atoms with van der Waals surface area (Å²) in [4.78, 5) is 77.6. The van der Waals surface area contributed by atoms with Crippen LogP contribution in [0.25, 0.3) is 0 Å². The van der Waals surface area contributed by atoms with E-state index in [-0.39, 0.29) is 53.5 Å².